The molecule has 0 fully saturated rings. The second kappa shape index (κ2) is 12.5. The normalized spacial score (nSPS) is 13.2. The standard InChI is InChI=1S/C30H28N2O6/c31-29(35)26(32-30(36)27(34)24-13-7-8-14-25(24)33)28(37-19-20-9-3-1-4-10-20)21-15-17-23(18-16-21)38-22-11-5-2-6-12-22/h1-18,26-28,33-34H,19H2,(H2,31,35)(H,32,36). The van der Waals surface area contributed by atoms with Gasteiger partial charge in [0.1, 0.15) is 29.4 Å². The van der Waals surface area contributed by atoms with Gasteiger partial charge in [-0.2, -0.15) is 0 Å². The number of carbonyl (C=O) groups excluding carboxylic acids is 2. The van der Waals surface area contributed by atoms with Gasteiger partial charge in [0.05, 0.1) is 6.61 Å². The summed E-state index contributed by atoms with van der Waals surface area (Å²) in [5.41, 5.74) is 7.11. The monoisotopic (exact) mass is 512 g/mol. The molecule has 0 spiro atoms. The Hall–Kier alpha value is -4.66. The first-order valence-corrected chi connectivity index (χ1v) is 12.0. The first kappa shape index (κ1) is 26.4. The number of hydrogen-bond acceptors (Lipinski definition) is 6. The van der Waals surface area contributed by atoms with E-state index in [9.17, 15) is 19.8 Å². The maximum absolute atomic E-state index is 12.9. The van der Waals surface area contributed by atoms with E-state index in [4.69, 9.17) is 15.2 Å². The zero-order chi connectivity index (χ0) is 26.9. The number of aliphatic hydroxyl groups is 1. The van der Waals surface area contributed by atoms with Crippen LogP contribution >= 0.6 is 0 Å². The number of para-hydroxylation sites is 2. The number of aliphatic hydroxyl groups excluding tert-OH is 1. The number of aromatic hydroxyl groups is 1. The van der Waals surface area contributed by atoms with Crippen molar-refractivity contribution in [2.45, 2.75) is 24.9 Å². The van der Waals surface area contributed by atoms with Crippen LogP contribution in [0.5, 0.6) is 17.2 Å². The third kappa shape index (κ3) is 6.76. The molecular weight excluding hydrogens is 484 g/mol. The molecule has 8 nitrogen and oxygen atoms in total. The van der Waals surface area contributed by atoms with E-state index in [2.05, 4.69) is 5.32 Å². The maximum Gasteiger partial charge on any atom is 0.254 e. The molecule has 194 valence electrons. The molecule has 0 aromatic heterocycles. The molecule has 0 saturated carbocycles. The number of rotatable bonds is 11. The van der Waals surface area contributed by atoms with Gasteiger partial charge in [0.2, 0.25) is 5.91 Å². The Bertz CT molecular complexity index is 1350. The van der Waals surface area contributed by atoms with Gasteiger partial charge in [0, 0.05) is 5.56 Å². The van der Waals surface area contributed by atoms with E-state index < -0.39 is 30.1 Å². The average molecular weight is 513 g/mol. The highest BCUT2D eigenvalue weighted by atomic mass is 16.5. The molecule has 38 heavy (non-hydrogen) atoms. The van der Waals surface area contributed by atoms with Gasteiger partial charge in [-0.25, -0.2) is 0 Å². The van der Waals surface area contributed by atoms with E-state index >= 15 is 0 Å². The zero-order valence-electron chi connectivity index (χ0n) is 20.4. The Kier molecular flexibility index (Phi) is 8.71. The van der Waals surface area contributed by atoms with E-state index in [1.54, 1.807) is 36.4 Å². The molecule has 0 radical (unpaired) electrons. The van der Waals surface area contributed by atoms with Crippen molar-refractivity contribution < 1.29 is 29.3 Å². The van der Waals surface area contributed by atoms with Gasteiger partial charge in [0.15, 0.2) is 6.10 Å². The van der Waals surface area contributed by atoms with E-state index in [0.29, 0.717) is 17.1 Å². The molecule has 4 aromatic rings. The number of nitrogens with two attached hydrogens (primary N) is 1. The summed E-state index contributed by atoms with van der Waals surface area (Å²) in [7, 11) is 0. The van der Waals surface area contributed by atoms with Crippen LogP contribution in [-0.4, -0.2) is 28.1 Å². The SMILES string of the molecule is NC(=O)C(NC(=O)C(O)c1ccccc1O)C(OCc1ccccc1)c1ccc(Oc2ccccc2)cc1. The van der Waals surface area contributed by atoms with E-state index in [1.165, 1.54) is 12.1 Å². The van der Waals surface area contributed by atoms with Gasteiger partial charge in [-0.15, -0.1) is 0 Å². The van der Waals surface area contributed by atoms with Crippen molar-refractivity contribution in [2.24, 2.45) is 5.73 Å². The molecule has 0 bridgehead atoms. The highest BCUT2D eigenvalue weighted by molar-refractivity contribution is 5.90. The van der Waals surface area contributed by atoms with E-state index in [-0.39, 0.29) is 17.9 Å². The summed E-state index contributed by atoms with van der Waals surface area (Å²) in [5.74, 6) is -0.788. The second-order valence-corrected chi connectivity index (χ2v) is 8.55. The largest absolute Gasteiger partial charge is 0.508 e. The molecule has 0 heterocycles. The Morgan fingerprint density at radius 2 is 1.37 bits per heavy atom. The lowest BCUT2D eigenvalue weighted by Gasteiger charge is -2.27. The Morgan fingerprint density at radius 1 is 0.789 bits per heavy atom. The van der Waals surface area contributed by atoms with Gasteiger partial charge in [-0.05, 0) is 41.5 Å². The fourth-order valence-electron chi connectivity index (χ4n) is 3.88. The predicted octanol–water partition coefficient (Wildman–Crippen LogP) is 4.15. The van der Waals surface area contributed by atoms with E-state index in [0.717, 1.165) is 5.56 Å². The van der Waals surface area contributed by atoms with E-state index in [1.807, 2.05) is 60.7 Å². The van der Waals surface area contributed by atoms with Crippen molar-refractivity contribution >= 4 is 11.8 Å². The molecule has 2 amide bonds. The molecule has 8 heteroatoms. The van der Waals surface area contributed by atoms with Crippen LogP contribution in [-0.2, 0) is 20.9 Å². The summed E-state index contributed by atoms with van der Waals surface area (Å²) in [5, 5.41) is 23.1. The van der Waals surface area contributed by atoms with Crippen LogP contribution in [0.4, 0.5) is 0 Å². The number of hydrogen-bond donors (Lipinski definition) is 4. The van der Waals surface area contributed by atoms with Crippen LogP contribution in [0.25, 0.3) is 0 Å². The molecule has 0 aliphatic rings. The van der Waals surface area contributed by atoms with Crippen LogP contribution in [0.15, 0.2) is 109 Å². The molecule has 4 aromatic carbocycles. The van der Waals surface area contributed by atoms with Crippen molar-refractivity contribution in [1.29, 1.82) is 0 Å². The number of benzene rings is 4. The summed E-state index contributed by atoms with van der Waals surface area (Å²) < 4.78 is 12.0. The molecule has 3 unspecified atom stereocenters. The predicted molar refractivity (Wildman–Crippen MR) is 141 cm³/mol. The average Bonchev–Trinajstić information content (AvgIpc) is 2.94. The van der Waals surface area contributed by atoms with Crippen molar-refractivity contribution in [2.75, 3.05) is 0 Å². The van der Waals surface area contributed by atoms with Gasteiger partial charge in [-0.3, -0.25) is 9.59 Å². The second-order valence-electron chi connectivity index (χ2n) is 8.55. The minimum atomic E-state index is -1.73. The topological polar surface area (TPSA) is 131 Å². The number of ether oxygens (including phenoxy) is 2. The highest BCUT2D eigenvalue weighted by Crippen LogP contribution is 2.29. The molecule has 0 aliphatic heterocycles. The number of amides is 2. The van der Waals surface area contributed by atoms with Crippen molar-refractivity contribution in [3.63, 3.8) is 0 Å². The van der Waals surface area contributed by atoms with Crippen molar-refractivity contribution in [3.8, 4) is 17.2 Å². The lowest BCUT2D eigenvalue weighted by molar-refractivity contribution is -0.137. The van der Waals surface area contributed by atoms with Crippen LogP contribution in [0, 0.1) is 0 Å². The minimum absolute atomic E-state index is 0.00242. The van der Waals surface area contributed by atoms with Crippen molar-refractivity contribution in [3.05, 3.63) is 126 Å². The summed E-state index contributed by atoms with van der Waals surface area (Å²) in [6, 6.07) is 30.0. The molecule has 0 saturated heterocycles. The third-order valence-electron chi connectivity index (χ3n) is 5.85. The molecular formula is C30H28N2O6. The summed E-state index contributed by atoms with van der Waals surface area (Å²) in [6.07, 6.45) is -2.71. The Labute approximate surface area is 220 Å². The smallest absolute Gasteiger partial charge is 0.254 e. The molecule has 5 N–H and O–H groups in total. The van der Waals surface area contributed by atoms with Gasteiger partial charge < -0.3 is 30.7 Å². The Balaban J connectivity index is 1.58. The minimum Gasteiger partial charge on any atom is -0.508 e. The Morgan fingerprint density at radius 3 is 2.00 bits per heavy atom. The van der Waals surface area contributed by atoms with Crippen LogP contribution in [0.3, 0.4) is 0 Å². The molecule has 4 rings (SSSR count). The summed E-state index contributed by atoms with van der Waals surface area (Å²) >= 11 is 0. The number of phenols is 1. The quantitative estimate of drug-likeness (QED) is 0.239. The number of nitrogens with one attached hydrogen (secondary N) is 1. The van der Waals surface area contributed by atoms with Crippen LogP contribution in [0.1, 0.15) is 28.9 Å². The van der Waals surface area contributed by atoms with Gasteiger partial charge in [0.25, 0.3) is 5.91 Å². The van der Waals surface area contributed by atoms with Crippen LogP contribution < -0.4 is 15.8 Å². The fourth-order valence-corrected chi connectivity index (χ4v) is 3.88. The fraction of sp³-hybridized carbons (Fsp3) is 0.133. The lowest BCUT2D eigenvalue weighted by atomic mass is 10.00. The van der Waals surface area contributed by atoms with Gasteiger partial charge in [-0.1, -0.05) is 78.9 Å². The lowest BCUT2D eigenvalue weighted by Crippen LogP contribution is -2.50. The van der Waals surface area contributed by atoms with Crippen LogP contribution in [0.2, 0.25) is 0 Å². The maximum atomic E-state index is 12.9. The molecule has 0 aliphatic carbocycles. The third-order valence-corrected chi connectivity index (χ3v) is 5.85. The first-order valence-electron chi connectivity index (χ1n) is 12.0. The molecule has 3 atom stereocenters. The zero-order valence-corrected chi connectivity index (χ0v) is 20.4. The number of primary amides is 1. The first-order chi connectivity index (χ1) is 18.4. The summed E-state index contributed by atoms with van der Waals surface area (Å²) in [4.78, 5) is 25.5. The highest BCUT2D eigenvalue weighted by Gasteiger charge is 2.33. The van der Waals surface area contributed by atoms with Crippen molar-refractivity contribution in [1.82, 2.24) is 5.32 Å². The van der Waals surface area contributed by atoms with Gasteiger partial charge >= 0.3 is 0 Å². The summed E-state index contributed by atoms with van der Waals surface area (Å²) in [6.45, 7) is 0.134. The number of carbonyl (C=O) groups is 2. The number of phenolic OH excluding ortho intramolecular Hbond substituents is 1.